The van der Waals surface area contributed by atoms with E-state index in [1.54, 1.807) is 0 Å². The maximum atomic E-state index is 11.4. The Morgan fingerprint density at radius 3 is 2.33 bits per heavy atom. The number of esters is 1. The van der Waals surface area contributed by atoms with Gasteiger partial charge in [0.1, 0.15) is 5.44 Å². The Balaban J connectivity index is 1.54. The second kappa shape index (κ2) is 9.35. The van der Waals surface area contributed by atoms with Crippen LogP contribution in [0.4, 0.5) is 0 Å². The first-order chi connectivity index (χ1) is 13.0. The zero-order valence-electron chi connectivity index (χ0n) is 17.3. The average Bonchev–Trinajstić information content (AvgIpc) is 2.63. The van der Waals surface area contributed by atoms with Crippen LogP contribution in [0.15, 0.2) is 12.7 Å². The van der Waals surface area contributed by atoms with Crippen molar-refractivity contribution in [2.75, 3.05) is 19.0 Å². The minimum absolute atomic E-state index is 0.280. The van der Waals surface area contributed by atoms with Crippen LogP contribution in [-0.2, 0) is 14.3 Å². The Bertz CT molecular complexity index is 504. The molecular formula is C23H38O3S. The summed E-state index contributed by atoms with van der Waals surface area (Å²) in [5.74, 6) is 2.69. The number of rotatable bonds is 12. The molecule has 0 radical (unpaired) electrons. The highest BCUT2D eigenvalue weighted by molar-refractivity contribution is 7.99. The number of hydrogen-bond donors (Lipinski definition) is 0. The van der Waals surface area contributed by atoms with Crippen molar-refractivity contribution >= 4 is 17.7 Å². The first kappa shape index (κ1) is 21.2. The monoisotopic (exact) mass is 394 g/mol. The molecule has 0 spiro atoms. The summed E-state index contributed by atoms with van der Waals surface area (Å²) in [6.07, 6.45) is 14.1. The molecule has 0 aromatic carbocycles. The highest BCUT2D eigenvalue weighted by atomic mass is 32.2. The largest absolute Gasteiger partial charge is 0.463 e. The number of thioether (sulfide) groups is 1. The van der Waals surface area contributed by atoms with Crippen molar-refractivity contribution in [3.8, 4) is 0 Å². The third-order valence-corrected chi connectivity index (χ3v) is 8.61. The molecule has 4 rings (SSSR count). The number of hydrogen-bond acceptors (Lipinski definition) is 4. The summed E-state index contributed by atoms with van der Waals surface area (Å²) >= 11 is 1.97. The van der Waals surface area contributed by atoms with Crippen molar-refractivity contribution in [2.24, 2.45) is 22.7 Å². The fourth-order valence-corrected chi connectivity index (χ4v) is 7.53. The van der Waals surface area contributed by atoms with E-state index in [1.807, 2.05) is 11.8 Å². The third-order valence-electron chi connectivity index (χ3n) is 7.12. The number of carbonyl (C=O) groups excluding carboxylic acids is 1. The van der Waals surface area contributed by atoms with Crippen molar-refractivity contribution in [1.82, 2.24) is 0 Å². The van der Waals surface area contributed by atoms with Crippen molar-refractivity contribution in [3.05, 3.63) is 12.7 Å². The Morgan fingerprint density at radius 1 is 1.15 bits per heavy atom. The molecule has 0 aromatic rings. The van der Waals surface area contributed by atoms with Gasteiger partial charge in [-0.05, 0) is 92.6 Å². The van der Waals surface area contributed by atoms with E-state index in [0.29, 0.717) is 22.9 Å². The quantitative estimate of drug-likeness (QED) is 0.232. The van der Waals surface area contributed by atoms with Crippen molar-refractivity contribution < 1.29 is 14.3 Å². The average molecular weight is 395 g/mol. The Hall–Kier alpha value is -0.480. The normalized spacial score (nSPS) is 35.2. The maximum Gasteiger partial charge on any atom is 0.330 e. The van der Waals surface area contributed by atoms with Gasteiger partial charge in [0, 0.05) is 12.7 Å². The fourth-order valence-electron chi connectivity index (χ4n) is 6.60. The van der Waals surface area contributed by atoms with Gasteiger partial charge in [0.05, 0.1) is 6.61 Å². The molecule has 0 amide bonds. The van der Waals surface area contributed by atoms with Gasteiger partial charge in [0.2, 0.25) is 0 Å². The molecule has 0 heterocycles. The van der Waals surface area contributed by atoms with E-state index >= 15 is 0 Å². The molecule has 0 saturated heterocycles. The van der Waals surface area contributed by atoms with E-state index in [-0.39, 0.29) is 5.97 Å². The molecule has 3 unspecified atom stereocenters. The predicted molar refractivity (Wildman–Crippen MR) is 113 cm³/mol. The highest BCUT2D eigenvalue weighted by Gasteiger charge is 2.56. The Morgan fingerprint density at radius 2 is 1.78 bits per heavy atom. The summed E-state index contributed by atoms with van der Waals surface area (Å²) in [5, 5.41) is 0. The molecule has 0 N–H and O–H groups in total. The van der Waals surface area contributed by atoms with Crippen LogP contribution in [0, 0.1) is 22.7 Å². The van der Waals surface area contributed by atoms with Gasteiger partial charge in [0.25, 0.3) is 0 Å². The SMILES string of the molecule is C=CC(=O)OCCC12CC3CC(C1)CC(CCOC(CC)SCCC)(C3)C2. The summed E-state index contributed by atoms with van der Waals surface area (Å²) in [6.45, 7) is 9.44. The summed E-state index contributed by atoms with van der Waals surface area (Å²) in [4.78, 5) is 11.4. The lowest BCUT2D eigenvalue weighted by atomic mass is 9.43. The van der Waals surface area contributed by atoms with Gasteiger partial charge in [-0.25, -0.2) is 4.79 Å². The van der Waals surface area contributed by atoms with Crippen LogP contribution in [0.25, 0.3) is 0 Å². The van der Waals surface area contributed by atoms with Gasteiger partial charge in [-0.15, -0.1) is 11.8 Å². The van der Waals surface area contributed by atoms with E-state index in [1.165, 1.54) is 63.2 Å². The van der Waals surface area contributed by atoms with Gasteiger partial charge in [-0.2, -0.15) is 0 Å². The van der Waals surface area contributed by atoms with Crippen molar-refractivity contribution in [2.45, 2.75) is 83.5 Å². The van der Waals surface area contributed by atoms with Gasteiger partial charge in [-0.3, -0.25) is 0 Å². The third kappa shape index (κ3) is 5.32. The smallest absolute Gasteiger partial charge is 0.330 e. The molecule has 3 atom stereocenters. The van der Waals surface area contributed by atoms with Crippen molar-refractivity contribution in [3.63, 3.8) is 0 Å². The predicted octanol–water partition coefficient (Wildman–Crippen LogP) is 5.98. The lowest BCUT2D eigenvalue weighted by molar-refractivity contribution is -0.145. The van der Waals surface area contributed by atoms with Crippen LogP contribution >= 0.6 is 11.8 Å². The summed E-state index contributed by atoms with van der Waals surface area (Å²) in [7, 11) is 0. The molecule has 4 bridgehead atoms. The second-order valence-electron chi connectivity index (χ2n) is 9.41. The van der Waals surface area contributed by atoms with Gasteiger partial charge in [0.15, 0.2) is 0 Å². The zero-order valence-corrected chi connectivity index (χ0v) is 18.2. The number of ether oxygens (including phenoxy) is 2. The standard InChI is InChI=1S/C23H38O3S/c1-4-11-27-21(6-3)26-10-8-23-15-18-12-19(16-23)14-22(13-18,17-23)7-9-25-20(24)5-2/h5,18-19,21H,2,4,6-17H2,1,3H3. The lowest BCUT2D eigenvalue weighted by Gasteiger charge is -2.62. The molecule has 4 heteroatoms. The molecule has 0 aromatic heterocycles. The zero-order chi connectivity index (χ0) is 19.3. The van der Waals surface area contributed by atoms with Crippen LogP contribution < -0.4 is 0 Å². The number of carbonyl (C=O) groups is 1. The molecule has 4 aliphatic rings. The van der Waals surface area contributed by atoms with Crippen LogP contribution in [0.1, 0.15) is 78.1 Å². The molecule has 154 valence electrons. The summed E-state index contributed by atoms with van der Waals surface area (Å²) in [5.41, 5.74) is 1.26. The van der Waals surface area contributed by atoms with Crippen LogP contribution in [-0.4, -0.2) is 30.4 Å². The topological polar surface area (TPSA) is 35.5 Å². The lowest BCUT2D eigenvalue weighted by Crippen LogP contribution is -2.52. The van der Waals surface area contributed by atoms with Gasteiger partial charge < -0.3 is 9.47 Å². The molecule has 4 aliphatic carbocycles. The van der Waals surface area contributed by atoms with Gasteiger partial charge >= 0.3 is 5.97 Å². The molecule has 27 heavy (non-hydrogen) atoms. The van der Waals surface area contributed by atoms with E-state index < -0.39 is 0 Å². The van der Waals surface area contributed by atoms with Crippen LogP contribution in [0.3, 0.4) is 0 Å². The van der Waals surface area contributed by atoms with Crippen molar-refractivity contribution in [1.29, 1.82) is 0 Å². The molecule has 4 saturated carbocycles. The Kier molecular flexibility index (Phi) is 7.35. The first-order valence-corrected chi connectivity index (χ1v) is 12.1. The first-order valence-electron chi connectivity index (χ1n) is 11.0. The van der Waals surface area contributed by atoms with Gasteiger partial charge in [-0.1, -0.05) is 20.4 Å². The Labute approximate surface area is 170 Å². The minimum atomic E-state index is -0.280. The molecular weight excluding hydrogens is 356 g/mol. The van der Waals surface area contributed by atoms with E-state index in [2.05, 4.69) is 20.4 Å². The molecule has 3 nitrogen and oxygen atoms in total. The van der Waals surface area contributed by atoms with E-state index in [0.717, 1.165) is 31.3 Å². The van der Waals surface area contributed by atoms with E-state index in [4.69, 9.17) is 9.47 Å². The van der Waals surface area contributed by atoms with E-state index in [9.17, 15) is 4.79 Å². The molecule has 0 aliphatic heterocycles. The fraction of sp³-hybridized carbons (Fsp3) is 0.870. The van der Waals surface area contributed by atoms with Crippen LogP contribution in [0.2, 0.25) is 0 Å². The van der Waals surface area contributed by atoms with Crippen LogP contribution in [0.5, 0.6) is 0 Å². The second-order valence-corrected chi connectivity index (χ2v) is 10.7. The summed E-state index contributed by atoms with van der Waals surface area (Å²) < 4.78 is 11.6. The highest BCUT2D eigenvalue weighted by Crippen LogP contribution is 2.67. The minimum Gasteiger partial charge on any atom is -0.463 e. The maximum absolute atomic E-state index is 11.4. The summed E-state index contributed by atoms with van der Waals surface area (Å²) in [6, 6.07) is 0. The molecule has 4 fully saturated rings.